The molecule has 102 valence electrons. The Bertz CT molecular complexity index is 508. The van der Waals surface area contributed by atoms with Crippen LogP contribution in [0.2, 0.25) is 0 Å². The minimum atomic E-state index is -3.74. The fourth-order valence-electron chi connectivity index (χ4n) is 1.16. The Hall–Kier alpha value is 0.220. The lowest BCUT2D eigenvalue weighted by atomic mass is 10.1. The molecule has 0 saturated carbocycles. The van der Waals surface area contributed by atoms with Crippen LogP contribution in [0.4, 0.5) is 0 Å². The number of benzene rings is 1. The molecule has 0 fully saturated rings. The molecule has 1 atom stereocenters. The maximum Gasteiger partial charge on any atom is 0.261 e. The topological polar surface area (TPSA) is 43.4 Å². The fourth-order valence-corrected chi connectivity index (χ4v) is 3.66. The van der Waals surface area contributed by atoms with Gasteiger partial charge in [-0.05, 0) is 49.9 Å². The van der Waals surface area contributed by atoms with Gasteiger partial charge in [0, 0.05) is 10.7 Å². The third kappa shape index (κ3) is 4.40. The molecule has 0 aliphatic rings. The Morgan fingerprint density at radius 1 is 1.33 bits per heavy atom. The summed E-state index contributed by atoms with van der Waals surface area (Å²) in [7, 11) is 1.55. The van der Waals surface area contributed by atoms with Crippen molar-refractivity contribution in [3.8, 4) is 5.75 Å². The van der Waals surface area contributed by atoms with Crippen LogP contribution in [0.5, 0.6) is 5.75 Å². The van der Waals surface area contributed by atoms with Crippen LogP contribution in [0.15, 0.2) is 26.0 Å². The van der Waals surface area contributed by atoms with Crippen molar-refractivity contribution in [2.24, 2.45) is 5.92 Å². The predicted molar refractivity (Wildman–Crippen MR) is 79.8 cm³/mol. The first-order valence-electron chi connectivity index (χ1n) is 5.32. The van der Waals surface area contributed by atoms with E-state index >= 15 is 0 Å². The third-order valence-electron chi connectivity index (χ3n) is 2.46. The predicted octanol–water partition coefficient (Wildman–Crippen LogP) is 4.56. The minimum absolute atomic E-state index is 0.0267. The van der Waals surface area contributed by atoms with E-state index in [1.807, 2.05) is 0 Å². The largest absolute Gasteiger partial charge is 0.491 e. The van der Waals surface area contributed by atoms with Crippen molar-refractivity contribution < 1.29 is 13.2 Å². The first-order chi connectivity index (χ1) is 8.25. The van der Waals surface area contributed by atoms with Gasteiger partial charge < -0.3 is 4.74 Å². The SMILES string of the molecule is CCC(C)COc1c(Br)cc(S(=O)(=O)Cl)cc1Br. The summed E-state index contributed by atoms with van der Waals surface area (Å²) in [5, 5.41) is 0. The number of hydrogen-bond donors (Lipinski definition) is 0. The van der Waals surface area contributed by atoms with Crippen molar-refractivity contribution in [3.63, 3.8) is 0 Å². The van der Waals surface area contributed by atoms with E-state index in [9.17, 15) is 8.42 Å². The second-order valence-electron chi connectivity index (χ2n) is 3.98. The van der Waals surface area contributed by atoms with Gasteiger partial charge in [0.25, 0.3) is 9.05 Å². The van der Waals surface area contributed by atoms with Crippen molar-refractivity contribution in [1.82, 2.24) is 0 Å². The smallest absolute Gasteiger partial charge is 0.261 e. The first kappa shape index (κ1) is 16.3. The maximum absolute atomic E-state index is 11.2. The molecule has 7 heteroatoms. The zero-order valence-corrected chi connectivity index (χ0v) is 14.7. The van der Waals surface area contributed by atoms with E-state index in [0.29, 0.717) is 27.2 Å². The highest BCUT2D eigenvalue weighted by molar-refractivity contribution is 9.11. The zero-order valence-electron chi connectivity index (χ0n) is 9.91. The van der Waals surface area contributed by atoms with Crippen LogP contribution in [0.3, 0.4) is 0 Å². The Labute approximate surface area is 129 Å². The molecule has 3 nitrogen and oxygen atoms in total. The molecule has 1 aromatic rings. The molecule has 0 N–H and O–H groups in total. The van der Waals surface area contributed by atoms with E-state index in [4.69, 9.17) is 15.4 Å². The second-order valence-corrected chi connectivity index (χ2v) is 8.25. The summed E-state index contributed by atoms with van der Waals surface area (Å²) in [6.07, 6.45) is 1.02. The molecule has 0 aliphatic heterocycles. The molecule has 0 heterocycles. The highest BCUT2D eigenvalue weighted by Gasteiger charge is 2.16. The normalized spacial score (nSPS) is 13.4. The maximum atomic E-state index is 11.2. The van der Waals surface area contributed by atoms with Gasteiger partial charge in [-0.15, -0.1) is 0 Å². The van der Waals surface area contributed by atoms with Crippen LogP contribution in [0.1, 0.15) is 20.3 Å². The summed E-state index contributed by atoms with van der Waals surface area (Å²) in [6, 6.07) is 2.86. The van der Waals surface area contributed by atoms with Crippen molar-refractivity contribution in [2.45, 2.75) is 25.2 Å². The molecule has 0 aromatic heterocycles. The van der Waals surface area contributed by atoms with E-state index in [1.165, 1.54) is 12.1 Å². The highest BCUT2D eigenvalue weighted by Crippen LogP contribution is 2.37. The molecule has 0 aliphatic carbocycles. The lowest BCUT2D eigenvalue weighted by Gasteiger charge is -2.14. The van der Waals surface area contributed by atoms with Gasteiger partial charge in [-0.2, -0.15) is 0 Å². The van der Waals surface area contributed by atoms with Crippen LogP contribution in [-0.4, -0.2) is 15.0 Å². The molecule has 0 amide bonds. The Morgan fingerprint density at radius 2 is 1.83 bits per heavy atom. The monoisotopic (exact) mass is 418 g/mol. The Balaban J connectivity index is 3.02. The van der Waals surface area contributed by atoms with Gasteiger partial charge >= 0.3 is 0 Å². The van der Waals surface area contributed by atoms with Crippen LogP contribution in [-0.2, 0) is 9.05 Å². The standard InChI is InChI=1S/C11H13Br2ClO3S/c1-3-7(2)6-17-11-9(12)4-8(5-10(11)13)18(14,15)16/h4-5,7H,3,6H2,1-2H3. The molecule has 18 heavy (non-hydrogen) atoms. The number of hydrogen-bond acceptors (Lipinski definition) is 3. The van der Waals surface area contributed by atoms with Gasteiger partial charge in [0.2, 0.25) is 0 Å². The van der Waals surface area contributed by atoms with Crippen molar-refractivity contribution in [2.75, 3.05) is 6.61 Å². The second kappa shape index (κ2) is 6.59. The highest BCUT2D eigenvalue weighted by atomic mass is 79.9. The van der Waals surface area contributed by atoms with Gasteiger partial charge in [0.1, 0.15) is 5.75 Å². The van der Waals surface area contributed by atoms with Crippen molar-refractivity contribution >= 4 is 51.6 Å². The summed E-state index contributed by atoms with van der Waals surface area (Å²) >= 11 is 6.57. The molecule has 1 unspecified atom stereocenters. The van der Waals surface area contributed by atoms with Crippen molar-refractivity contribution in [3.05, 3.63) is 21.1 Å². The van der Waals surface area contributed by atoms with E-state index in [-0.39, 0.29) is 4.90 Å². The molecule has 1 rings (SSSR count). The molecule has 0 bridgehead atoms. The number of rotatable bonds is 5. The van der Waals surface area contributed by atoms with E-state index in [2.05, 4.69) is 45.7 Å². The lowest BCUT2D eigenvalue weighted by molar-refractivity contribution is 0.253. The first-order valence-corrected chi connectivity index (χ1v) is 9.21. The van der Waals surface area contributed by atoms with Crippen LogP contribution in [0, 0.1) is 5.92 Å². The fraction of sp³-hybridized carbons (Fsp3) is 0.455. The van der Waals surface area contributed by atoms with Gasteiger partial charge in [0.05, 0.1) is 20.4 Å². The number of ether oxygens (including phenoxy) is 1. The summed E-state index contributed by atoms with van der Waals surface area (Å²) in [4.78, 5) is 0.0267. The minimum Gasteiger partial charge on any atom is -0.491 e. The molecular formula is C11H13Br2ClO3S. The Kier molecular flexibility index (Phi) is 5.96. The Morgan fingerprint density at radius 3 is 2.22 bits per heavy atom. The summed E-state index contributed by atoms with van der Waals surface area (Å²) in [5.41, 5.74) is 0. The van der Waals surface area contributed by atoms with Crippen molar-refractivity contribution in [1.29, 1.82) is 0 Å². The van der Waals surface area contributed by atoms with Gasteiger partial charge in [-0.3, -0.25) is 0 Å². The summed E-state index contributed by atoms with van der Waals surface area (Å²) < 4.78 is 29.3. The molecule has 0 saturated heterocycles. The van der Waals surface area contributed by atoms with Crippen LogP contribution >= 0.6 is 42.5 Å². The summed E-state index contributed by atoms with van der Waals surface area (Å²) in [6.45, 7) is 4.74. The molecule has 0 spiro atoms. The molecular weight excluding hydrogens is 407 g/mol. The lowest BCUT2D eigenvalue weighted by Crippen LogP contribution is -2.08. The molecule has 0 radical (unpaired) electrons. The van der Waals surface area contributed by atoms with Crippen LogP contribution in [0.25, 0.3) is 0 Å². The zero-order chi connectivity index (χ0) is 13.9. The van der Waals surface area contributed by atoms with Crippen LogP contribution < -0.4 is 4.74 Å². The average molecular weight is 421 g/mol. The van der Waals surface area contributed by atoms with Gasteiger partial charge in [-0.1, -0.05) is 20.3 Å². The van der Waals surface area contributed by atoms with Gasteiger partial charge in [-0.25, -0.2) is 8.42 Å². The van der Waals surface area contributed by atoms with E-state index in [0.717, 1.165) is 6.42 Å². The average Bonchev–Trinajstić information content (AvgIpc) is 2.26. The quantitative estimate of drug-likeness (QED) is 0.656. The molecule has 1 aromatic carbocycles. The number of halogens is 3. The summed E-state index contributed by atoms with van der Waals surface area (Å²) in [5.74, 6) is 1.01. The van der Waals surface area contributed by atoms with E-state index in [1.54, 1.807) is 0 Å². The van der Waals surface area contributed by atoms with Gasteiger partial charge in [0.15, 0.2) is 0 Å². The third-order valence-corrected chi connectivity index (χ3v) is 4.97. The van der Waals surface area contributed by atoms with E-state index < -0.39 is 9.05 Å².